The van der Waals surface area contributed by atoms with Gasteiger partial charge in [0.2, 0.25) is 5.91 Å². The molecular weight excluding hydrogens is 320 g/mol. The van der Waals surface area contributed by atoms with Gasteiger partial charge in [-0.2, -0.15) is 13.2 Å². The maximum atomic E-state index is 12.2. The zero-order valence-electron chi connectivity index (χ0n) is 10.7. The number of aromatic nitrogens is 2. The molecule has 0 aliphatic rings. The van der Waals surface area contributed by atoms with Crippen LogP contribution in [0.2, 0.25) is 0 Å². The lowest BCUT2D eigenvalue weighted by atomic mass is 10.2. The van der Waals surface area contributed by atoms with Gasteiger partial charge in [-0.25, -0.2) is 4.98 Å². The molecule has 118 valence electrons. The highest BCUT2D eigenvalue weighted by Gasteiger charge is 2.28. The Morgan fingerprint density at radius 2 is 2.10 bits per heavy atom. The molecule has 0 bridgehead atoms. The van der Waals surface area contributed by atoms with Gasteiger partial charge in [0.1, 0.15) is 12.4 Å². The van der Waals surface area contributed by atoms with E-state index in [-0.39, 0.29) is 55.6 Å². The number of hydrogen-bond donors (Lipinski definition) is 2. The van der Waals surface area contributed by atoms with Crippen LogP contribution in [0.25, 0.3) is 0 Å². The van der Waals surface area contributed by atoms with Crippen molar-refractivity contribution in [1.29, 1.82) is 0 Å². The molecule has 0 aliphatic carbocycles. The predicted octanol–water partition coefficient (Wildman–Crippen LogP) is 1.50. The van der Waals surface area contributed by atoms with E-state index in [9.17, 15) is 18.0 Å². The van der Waals surface area contributed by atoms with E-state index < -0.39 is 12.7 Å². The molecule has 1 aromatic rings. The van der Waals surface area contributed by atoms with Crippen molar-refractivity contribution in [2.75, 3.05) is 6.54 Å². The lowest BCUT2D eigenvalue weighted by molar-refractivity contribution is -0.141. The molecule has 1 amide bonds. The summed E-state index contributed by atoms with van der Waals surface area (Å²) in [5.74, 6) is -0.528. The number of alkyl halides is 3. The average Bonchev–Trinajstić information content (AvgIpc) is 2.69. The van der Waals surface area contributed by atoms with E-state index in [2.05, 4.69) is 10.3 Å². The van der Waals surface area contributed by atoms with Crippen LogP contribution >= 0.6 is 24.8 Å². The van der Waals surface area contributed by atoms with Crippen LogP contribution in [-0.2, 0) is 17.9 Å². The normalized spacial score (nSPS) is 12.1. The van der Waals surface area contributed by atoms with Gasteiger partial charge in [-0.15, -0.1) is 24.8 Å². The fraction of sp³-hybridized carbons (Fsp3) is 0.600. The summed E-state index contributed by atoms with van der Waals surface area (Å²) in [6.45, 7) is 0.650. The number of amides is 1. The van der Waals surface area contributed by atoms with Crippen molar-refractivity contribution in [2.45, 2.75) is 26.2 Å². The molecule has 1 aromatic heterocycles. The highest BCUT2D eigenvalue weighted by Crippen LogP contribution is 2.18. The van der Waals surface area contributed by atoms with Gasteiger partial charge in [0.05, 0.1) is 6.54 Å². The Labute approximate surface area is 126 Å². The first-order valence-corrected chi connectivity index (χ1v) is 5.38. The van der Waals surface area contributed by atoms with E-state index in [1.807, 2.05) is 0 Å². The van der Waals surface area contributed by atoms with Crippen molar-refractivity contribution in [3.8, 4) is 0 Å². The van der Waals surface area contributed by atoms with Gasteiger partial charge in [-0.05, 0) is 0 Å². The van der Waals surface area contributed by atoms with Crippen LogP contribution in [-0.4, -0.2) is 28.2 Å². The van der Waals surface area contributed by atoms with E-state index in [4.69, 9.17) is 5.73 Å². The quantitative estimate of drug-likeness (QED) is 0.855. The summed E-state index contributed by atoms with van der Waals surface area (Å²) in [6, 6.07) is 0. The molecule has 1 atom stereocenters. The number of rotatable bonds is 5. The zero-order valence-corrected chi connectivity index (χ0v) is 12.3. The minimum Gasteiger partial charge on any atom is -0.349 e. The number of nitrogens with zero attached hydrogens (tertiary/aromatic N) is 2. The molecule has 20 heavy (non-hydrogen) atoms. The summed E-state index contributed by atoms with van der Waals surface area (Å²) in [6.07, 6.45) is -1.83. The third kappa shape index (κ3) is 6.97. The third-order valence-corrected chi connectivity index (χ3v) is 2.37. The molecule has 3 N–H and O–H groups in total. The van der Waals surface area contributed by atoms with E-state index in [0.717, 1.165) is 4.57 Å². The number of nitrogens with two attached hydrogens (primary N) is 1. The topological polar surface area (TPSA) is 72.9 Å². The second kappa shape index (κ2) is 9.04. The lowest BCUT2D eigenvalue weighted by Gasteiger charge is -2.12. The van der Waals surface area contributed by atoms with E-state index in [1.165, 1.54) is 12.4 Å². The largest absolute Gasteiger partial charge is 0.406 e. The summed E-state index contributed by atoms with van der Waals surface area (Å²) < 4.78 is 37.6. The Balaban J connectivity index is 0. The maximum Gasteiger partial charge on any atom is 0.406 e. The maximum absolute atomic E-state index is 12.2. The van der Waals surface area contributed by atoms with Crippen LogP contribution < -0.4 is 11.1 Å². The minimum absolute atomic E-state index is 0. The van der Waals surface area contributed by atoms with Crippen LogP contribution in [0.15, 0.2) is 12.4 Å². The van der Waals surface area contributed by atoms with E-state index in [0.29, 0.717) is 0 Å². The first-order valence-electron chi connectivity index (χ1n) is 5.38. The first-order chi connectivity index (χ1) is 8.33. The SMILES string of the molecule is CC(CN)C(=O)NCc1nccn1CC(F)(F)F.Cl.Cl. The molecule has 1 heterocycles. The smallest absolute Gasteiger partial charge is 0.349 e. The second-order valence-corrected chi connectivity index (χ2v) is 3.94. The van der Waals surface area contributed by atoms with Gasteiger partial charge in [0, 0.05) is 24.9 Å². The molecule has 0 aromatic carbocycles. The van der Waals surface area contributed by atoms with Gasteiger partial charge in [0.15, 0.2) is 0 Å². The molecule has 0 saturated carbocycles. The number of imidazole rings is 1. The molecule has 0 saturated heterocycles. The van der Waals surface area contributed by atoms with Gasteiger partial charge >= 0.3 is 6.18 Å². The number of nitrogens with one attached hydrogen (secondary N) is 1. The van der Waals surface area contributed by atoms with Crippen molar-refractivity contribution >= 4 is 30.7 Å². The Kier molecular flexibility index (Phi) is 9.63. The van der Waals surface area contributed by atoms with Crippen molar-refractivity contribution in [3.63, 3.8) is 0 Å². The van der Waals surface area contributed by atoms with Crippen molar-refractivity contribution in [1.82, 2.24) is 14.9 Å². The second-order valence-electron chi connectivity index (χ2n) is 3.94. The standard InChI is InChI=1S/C10H15F3N4O.2ClH/c1-7(4-14)9(18)16-5-8-15-2-3-17(8)6-10(11,12)13;;/h2-3,7H,4-6,14H2,1H3,(H,16,18);2*1H. The highest BCUT2D eigenvalue weighted by atomic mass is 35.5. The summed E-state index contributed by atoms with van der Waals surface area (Å²) in [7, 11) is 0. The molecule has 0 radical (unpaired) electrons. The monoisotopic (exact) mass is 336 g/mol. The Bertz CT molecular complexity index is 411. The highest BCUT2D eigenvalue weighted by molar-refractivity contribution is 5.85. The van der Waals surface area contributed by atoms with E-state index >= 15 is 0 Å². The first kappa shape index (κ1) is 21.3. The van der Waals surface area contributed by atoms with Crippen LogP contribution in [0.5, 0.6) is 0 Å². The average molecular weight is 337 g/mol. The number of halogens is 5. The molecule has 5 nitrogen and oxygen atoms in total. The number of carbonyl (C=O) groups is 1. The third-order valence-electron chi connectivity index (χ3n) is 2.37. The summed E-state index contributed by atoms with van der Waals surface area (Å²) in [5.41, 5.74) is 5.30. The van der Waals surface area contributed by atoms with Crippen LogP contribution in [0.3, 0.4) is 0 Å². The molecule has 0 fully saturated rings. The van der Waals surface area contributed by atoms with Crippen molar-refractivity contribution < 1.29 is 18.0 Å². The molecule has 1 rings (SSSR count). The number of carbonyl (C=O) groups excluding carboxylic acids is 1. The van der Waals surface area contributed by atoms with Crippen molar-refractivity contribution in [2.24, 2.45) is 11.7 Å². The van der Waals surface area contributed by atoms with Gasteiger partial charge in [-0.1, -0.05) is 6.92 Å². The zero-order chi connectivity index (χ0) is 13.8. The van der Waals surface area contributed by atoms with E-state index in [1.54, 1.807) is 6.92 Å². The molecule has 10 heteroatoms. The fourth-order valence-corrected chi connectivity index (χ4v) is 1.29. The fourth-order valence-electron chi connectivity index (χ4n) is 1.29. The lowest BCUT2D eigenvalue weighted by Crippen LogP contribution is -2.33. The van der Waals surface area contributed by atoms with Gasteiger partial charge in [0.25, 0.3) is 0 Å². The molecule has 0 spiro atoms. The van der Waals surface area contributed by atoms with Crippen molar-refractivity contribution in [3.05, 3.63) is 18.2 Å². The van der Waals surface area contributed by atoms with Crippen LogP contribution in [0.4, 0.5) is 13.2 Å². The Morgan fingerprint density at radius 1 is 1.50 bits per heavy atom. The Hall–Kier alpha value is -0.990. The predicted molar refractivity (Wildman–Crippen MR) is 72.8 cm³/mol. The molecular formula is C10H17Cl2F3N4O. The Morgan fingerprint density at radius 3 is 2.60 bits per heavy atom. The summed E-state index contributed by atoms with van der Waals surface area (Å²) in [4.78, 5) is 15.2. The summed E-state index contributed by atoms with van der Waals surface area (Å²) >= 11 is 0. The number of hydrogen-bond acceptors (Lipinski definition) is 3. The van der Waals surface area contributed by atoms with Gasteiger partial charge < -0.3 is 15.6 Å². The summed E-state index contributed by atoms with van der Waals surface area (Å²) in [5, 5.41) is 2.49. The minimum atomic E-state index is -4.32. The molecule has 1 unspecified atom stereocenters. The van der Waals surface area contributed by atoms with Crippen LogP contribution in [0.1, 0.15) is 12.7 Å². The van der Waals surface area contributed by atoms with Gasteiger partial charge in [-0.3, -0.25) is 4.79 Å². The van der Waals surface area contributed by atoms with Crippen LogP contribution in [0, 0.1) is 5.92 Å². The molecule has 0 aliphatic heterocycles.